The van der Waals surface area contributed by atoms with Gasteiger partial charge in [0, 0.05) is 17.4 Å². The number of nitrogens with one attached hydrogen (secondary N) is 1. The highest BCUT2D eigenvalue weighted by Crippen LogP contribution is 2.32. The molecule has 3 N–H and O–H groups in total. The summed E-state index contributed by atoms with van der Waals surface area (Å²) in [5.74, 6) is -0.396. The zero-order chi connectivity index (χ0) is 14.1. The van der Waals surface area contributed by atoms with Crippen molar-refractivity contribution >= 4 is 11.6 Å². The molecular weight excluding hydrogens is 250 g/mol. The van der Waals surface area contributed by atoms with Crippen LogP contribution in [0.2, 0.25) is 0 Å². The van der Waals surface area contributed by atoms with Crippen molar-refractivity contribution in [2.45, 2.75) is 25.8 Å². The van der Waals surface area contributed by atoms with Crippen LogP contribution in [0.4, 0.5) is 5.69 Å². The van der Waals surface area contributed by atoms with Gasteiger partial charge in [-0.2, -0.15) is 0 Å². The van der Waals surface area contributed by atoms with Crippen LogP contribution < -0.4 is 11.1 Å². The van der Waals surface area contributed by atoms with E-state index >= 15 is 0 Å². The Bertz CT molecular complexity index is 667. The van der Waals surface area contributed by atoms with E-state index in [1.807, 2.05) is 31.3 Å². The van der Waals surface area contributed by atoms with Gasteiger partial charge in [-0.15, -0.1) is 0 Å². The molecule has 1 atom stereocenters. The predicted molar refractivity (Wildman–Crippen MR) is 78.6 cm³/mol. The molecule has 0 bridgehead atoms. The molecule has 1 aliphatic carbocycles. The molecule has 1 aromatic heterocycles. The van der Waals surface area contributed by atoms with Crippen LogP contribution in [-0.4, -0.2) is 10.9 Å². The van der Waals surface area contributed by atoms with Gasteiger partial charge in [-0.05, 0) is 55.2 Å². The number of fused-ring (bicyclic) bond motifs is 1. The van der Waals surface area contributed by atoms with Crippen LogP contribution in [0.1, 0.15) is 39.6 Å². The fourth-order valence-electron chi connectivity index (χ4n) is 2.72. The van der Waals surface area contributed by atoms with Gasteiger partial charge < -0.3 is 11.1 Å². The number of hydrogen-bond acceptors (Lipinski definition) is 3. The van der Waals surface area contributed by atoms with E-state index in [0.717, 1.165) is 29.8 Å². The predicted octanol–water partition coefficient (Wildman–Crippen LogP) is 2.59. The van der Waals surface area contributed by atoms with Gasteiger partial charge in [-0.25, -0.2) is 0 Å². The number of primary amides is 1. The summed E-state index contributed by atoms with van der Waals surface area (Å²) in [6.45, 7) is 1.98. The molecule has 0 fully saturated rings. The lowest BCUT2D eigenvalue weighted by atomic mass is 10.1. The Kier molecular flexibility index (Phi) is 3.14. The molecule has 0 radical (unpaired) electrons. The number of pyridine rings is 1. The van der Waals surface area contributed by atoms with E-state index in [9.17, 15) is 4.79 Å². The second-order valence-corrected chi connectivity index (χ2v) is 5.18. The molecule has 20 heavy (non-hydrogen) atoms. The van der Waals surface area contributed by atoms with Crippen LogP contribution in [0.3, 0.4) is 0 Å². The molecule has 0 saturated heterocycles. The zero-order valence-electron chi connectivity index (χ0n) is 11.4. The first-order chi connectivity index (χ1) is 9.65. The SMILES string of the molecule is Cc1cc(C(N)=O)ccc1NC1CCc2cccnc21. The molecule has 1 aromatic carbocycles. The van der Waals surface area contributed by atoms with Crippen molar-refractivity contribution in [1.29, 1.82) is 0 Å². The average molecular weight is 267 g/mol. The van der Waals surface area contributed by atoms with Crippen LogP contribution >= 0.6 is 0 Å². The zero-order valence-corrected chi connectivity index (χ0v) is 11.4. The lowest BCUT2D eigenvalue weighted by Crippen LogP contribution is -2.13. The third-order valence-corrected chi connectivity index (χ3v) is 3.80. The molecule has 0 spiro atoms. The molecule has 1 aliphatic rings. The van der Waals surface area contributed by atoms with Gasteiger partial charge in [0.1, 0.15) is 0 Å². The highest BCUT2D eigenvalue weighted by atomic mass is 16.1. The average Bonchev–Trinajstić information content (AvgIpc) is 2.84. The molecule has 4 heteroatoms. The molecule has 3 rings (SSSR count). The first-order valence-electron chi connectivity index (χ1n) is 6.76. The number of benzene rings is 1. The van der Waals surface area contributed by atoms with Gasteiger partial charge in [0.15, 0.2) is 0 Å². The second kappa shape index (κ2) is 4.96. The number of aryl methyl sites for hydroxylation is 2. The van der Waals surface area contributed by atoms with Crippen molar-refractivity contribution in [3.8, 4) is 0 Å². The van der Waals surface area contributed by atoms with Gasteiger partial charge >= 0.3 is 0 Å². The standard InChI is InChI=1S/C16H17N3O/c1-10-9-12(16(17)20)5-6-13(10)19-14-7-4-11-3-2-8-18-15(11)14/h2-3,5-6,8-9,14,19H,4,7H2,1H3,(H2,17,20). The van der Waals surface area contributed by atoms with Gasteiger partial charge in [0.05, 0.1) is 11.7 Å². The quantitative estimate of drug-likeness (QED) is 0.898. The summed E-state index contributed by atoms with van der Waals surface area (Å²) in [5.41, 5.74) is 10.3. The number of carbonyl (C=O) groups is 1. The Labute approximate surface area is 118 Å². The number of aromatic nitrogens is 1. The van der Waals surface area contributed by atoms with E-state index < -0.39 is 5.91 Å². The van der Waals surface area contributed by atoms with Crippen LogP contribution in [0.15, 0.2) is 36.5 Å². The van der Waals surface area contributed by atoms with Gasteiger partial charge in [-0.1, -0.05) is 6.07 Å². The maximum atomic E-state index is 11.2. The smallest absolute Gasteiger partial charge is 0.248 e. The third kappa shape index (κ3) is 2.25. The first kappa shape index (κ1) is 12.7. The van der Waals surface area contributed by atoms with Crippen molar-refractivity contribution < 1.29 is 4.79 Å². The van der Waals surface area contributed by atoms with Crippen molar-refractivity contribution in [1.82, 2.24) is 4.98 Å². The molecule has 1 heterocycles. The summed E-state index contributed by atoms with van der Waals surface area (Å²) in [4.78, 5) is 15.6. The van der Waals surface area contributed by atoms with Crippen LogP contribution in [0.5, 0.6) is 0 Å². The van der Waals surface area contributed by atoms with Gasteiger partial charge in [0.25, 0.3) is 0 Å². The maximum absolute atomic E-state index is 11.2. The van der Waals surface area contributed by atoms with E-state index in [2.05, 4.69) is 16.4 Å². The third-order valence-electron chi connectivity index (χ3n) is 3.80. The number of amides is 1. The van der Waals surface area contributed by atoms with Crippen molar-refractivity contribution in [2.75, 3.05) is 5.32 Å². The Balaban J connectivity index is 1.84. The Morgan fingerprint density at radius 2 is 2.25 bits per heavy atom. The van der Waals surface area contributed by atoms with E-state index in [1.165, 1.54) is 5.56 Å². The summed E-state index contributed by atoms with van der Waals surface area (Å²) in [5, 5.41) is 3.52. The minimum atomic E-state index is -0.396. The molecular formula is C16H17N3O. The van der Waals surface area contributed by atoms with Crippen molar-refractivity contribution in [2.24, 2.45) is 5.73 Å². The van der Waals surface area contributed by atoms with Gasteiger partial charge in [0.2, 0.25) is 5.91 Å². The van der Waals surface area contributed by atoms with Crippen molar-refractivity contribution in [3.63, 3.8) is 0 Å². The molecule has 2 aromatic rings. The molecule has 0 saturated carbocycles. The van der Waals surface area contributed by atoms with Crippen molar-refractivity contribution in [3.05, 3.63) is 58.9 Å². The summed E-state index contributed by atoms with van der Waals surface area (Å²) in [7, 11) is 0. The summed E-state index contributed by atoms with van der Waals surface area (Å²) >= 11 is 0. The number of rotatable bonds is 3. The lowest BCUT2D eigenvalue weighted by Gasteiger charge is -2.17. The molecule has 0 aliphatic heterocycles. The first-order valence-corrected chi connectivity index (χ1v) is 6.76. The van der Waals surface area contributed by atoms with E-state index in [-0.39, 0.29) is 6.04 Å². The van der Waals surface area contributed by atoms with E-state index in [0.29, 0.717) is 5.56 Å². The summed E-state index contributed by atoms with van der Waals surface area (Å²) in [6, 6.07) is 9.84. The van der Waals surface area contributed by atoms with Crippen LogP contribution in [0, 0.1) is 6.92 Å². The summed E-state index contributed by atoms with van der Waals surface area (Å²) in [6.07, 6.45) is 3.94. The minimum Gasteiger partial charge on any atom is -0.376 e. The highest BCUT2D eigenvalue weighted by molar-refractivity contribution is 5.93. The van der Waals surface area contributed by atoms with Gasteiger partial charge in [-0.3, -0.25) is 9.78 Å². The number of nitrogens with zero attached hydrogens (tertiary/aromatic N) is 1. The number of nitrogens with two attached hydrogens (primary N) is 1. The lowest BCUT2D eigenvalue weighted by molar-refractivity contribution is 0.1000. The van der Waals surface area contributed by atoms with Crippen LogP contribution in [-0.2, 0) is 6.42 Å². The fraction of sp³-hybridized carbons (Fsp3) is 0.250. The highest BCUT2D eigenvalue weighted by Gasteiger charge is 2.23. The Hall–Kier alpha value is -2.36. The second-order valence-electron chi connectivity index (χ2n) is 5.18. The monoisotopic (exact) mass is 267 g/mol. The number of hydrogen-bond donors (Lipinski definition) is 2. The van der Waals surface area contributed by atoms with E-state index in [1.54, 1.807) is 6.07 Å². The largest absolute Gasteiger partial charge is 0.376 e. The molecule has 4 nitrogen and oxygen atoms in total. The maximum Gasteiger partial charge on any atom is 0.248 e. The van der Waals surface area contributed by atoms with E-state index in [4.69, 9.17) is 5.73 Å². The Morgan fingerprint density at radius 1 is 1.40 bits per heavy atom. The normalized spacial score (nSPS) is 16.8. The fourth-order valence-corrected chi connectivity index (χ4v) is 2.72. The number of anilines is 1. The summed E-state index contributed by atoms with van der Waals surface area (Å²) < 4.78 is 0. The molecule has 1 unspecified atom stereocenters. The molecule has 102 valence electrons. The Morgan fingerprint density at radius 3 is 3.00 bits per heavy atom. The minimum absolute atomic E-state index is 0.240. The topological polar surface area (TPSA) is 68.0 Å². The number of carbonyl (C=O) groups excluding carboxylic acids is 1. The van der Waals surface area contributed by atoms with Crippen LogP contribution in [0.25, 0.3) is 0 Å². The molecule has 1 amide bonds.